The Morgan fingerprint density at radius 1 is 0.944 bits per heavy atom. The van der Waals surface area contributed by atoms with Crippen LogP contribution in [-0.2, 0) is 16.2 Å². The van der Waals surface area contributed by atoms with Crippen molar-refractivity contribution in [3.8, 4) is 5.75 Å². The third-order valence-electron chi connectivity index (χ3n) is 5.80. The fourth-order valence-corrected chi connectivity index (χ4v) is 5.00. The fraction of sp³-hybridized carbons (Fsp3) is 0.207. The van der Waals surface area contributed by atoms with Crippen LogP contribution in [0.4, 0.5) is 10.5 Å². The molecular weight excluding hydrogens is 472 g/mol. The van der Waals surface area contributed by atoms with E-state index in [1.165, 1.54) is 0 Å². The van der Waals surface area contributed by atoms with E-state index < -0.39 is 17.1 Å². The molecule has 4 rings (SSSR count). The fourth-order valence-electron chi connectivity index (χ4n) is 4.17. The van der Waals surface area contributed by atoms with E-state index in [4.69, 9.17) is 4.74 Å². The van der Waals surface area contributed by atoms with E-state index in [0.29, 0.717) is 23.6 Å². The average molecular weight is 501 g/mol. The van der Waals surface area contributed by atoms with Crippen LogP contribution in [0.25, 0.3) is 6.08 Å². The Balaban J connectivity index is 1.46. The summed E-state index contributed by atoms with van der Waals surface area (Å²) in [6.07, 6.45) is 1.64. The highest BCUT2D eigenvalue weighted by Gasteiger charge is 2.36. The molecule has 0 aliphatic carbocycles. The molecular formula is C29H28N2O4S. The maximum absolute atomic E-state index is 13.0. The second kappa shape index (κ2) is 10.8. The van der Waals surface area contributed by atoms with Gasteiger partial charge >= 0.3 is 0 Å². The molecule has 1 saturated heterocycles. The number of nitrogens with zero attached hydrogens (tertiary/aromatic N) is 1. The Bertz CT molecular complexity index is 1360. The van der Waals surface area contributed by atoms with Gasteiger partial charge in [0.05, 0.1) is 4.91 Å². The molecule has 0 saturated carbocycles. The summed E-state index contributed by atoms with van der Waals surface area (Å²) in [5, 5.41) is 2.37. The lowest BCUT2D eigenvalue weighted by Gasteiger charge is -2.16. The van der Waals surface area contributed by atoms with Crippen LogP contribution < -0.4 is 10.1 Å². The predicted octanol–water partition coefficient (Wildman–Crippen LogP) is 6.17. The third kappa shape index (κ3) is 5.86. The van der Waals surface area contributed by atoms with Gasteiger partial charge in [-0.05, 0) is 68.3 Å². The highest BCUT2D eigenvalue weighted by Crippen LogP contribution is 2.34. The zero-order chi connectivity index (χ0) is 25.8. The number of imide groups is 1. The summed E-state index contributed by atoms with van der Waals surface area (Å²) in [5.74, 6) is -0.310. The van der Waals surface area contributed by atoms with Crippen molar-refractivity contribution in [2.24, 2.45) is 0 Å². The molecule has 36 heavy (non-hydrogen) atoms. The van der Waals surface area contributed by atoms with E-state index in [1.54, 1.807) is 6.08 Å². The van der Waals surface area contributed by atoms with Gasteiger partial charge in [-0.3, -0.25) is 19.3 Å². The van der Waals surface area contributed by atoms with Gasteiger partial charge in [-0.2, -0.15) is 0 Å². The Hall–Kier alpha value is -3.84. The first kappa shape index (κ1) is 25.3. The number of ether oxygens (including phenoxy) is 1. The molecule has 0 unspecified atom stereocenters. The molecule has 1 aliphatic rings. The lowest BCUT2D eigenvalue weighted by Crippen LogP contribution is -2.36. The lowest BCUT2D eigenvalue weighted by atomic mass is 10.1. The van der Waals surface area contributed by atoms with Crippen molar-refractivity contribution in [1.82, 2.24) is 4.90 Å². The van der Waals surface area contributed by atoms with Crippen LogP contribution in [-0.4, -0.2) is 28.5 Å². The van der Waals surface area contributed by atoms with Crippen LogP contribution in [0.1, 0.15) is 33.4 Å². The molecule has 6 nitrogen and oxygen atoms in total. The molecule has 0 aromatic heterocycles. The smallest absolute Gasteiger partial charge is 0.294 e. The summed E-state index contributed by atoms with van der Waals surface area (Å²) in [7, 11) is 0. The third-order valence-corrected chi connectivity index (χ3v) is 6.71. The van der Waals surface area contributed by atoms with Gasteiger partial charge < -0.3 is 10.1 Å². The van der Waals surface area contributed by atoms with E-state index in [0.717, 1.165) is 44.5 Å². The lowest BCUT2D eigenvalue weighted by molar-refractivity contribution is -0.127. The number of para-hydroxylation sites is 1. The van der Waals surface area contributed by atoms with Gasteiger partial charge in [-0.15, -0.1) is 0 Å². The predicted molar refractivity (Wildman–Crippen MR) is 144 cm³/mol. The maximum Gasteiger partial charge on any atom is 0.294 e. The zero-order valence-electron chi connectivity index (χ0n) is 20.8. The van der Waals surface area contributed by atoms with Gasteiger partial charge in [0, 0.05) is 11.3 Å². The highest BCUT2D eigenvalue weighted by molar-refractivity contribution is 8.18. The average Bonchev–Trinajstić information content (AvgIpc) is 3.08. The second-order valence-electron chi connectivity index (χ2n) is 8.91. The molecule has 1 heterocycles. The Morgan fingerprint density at radius 2 is 1.67 bits per heavy atom. The number of hydrogen-bond acceptors (Lipinski definition) is 5. The minimum atomic E-state index is -0.494. The van der Waals surface area contributed by atoms with E-state index in [9.17, 15) is 14.4 Å². The highest BCUT2D eigenvalue weighted by atomic mass is 32.2. The number of carbonyl (C=O) groups is 3. The summed E-state index contributed by atoms with van der Waals surface area (Å²) < 4.78 is 6.01. The number of benzene rings is 3. The zero-order valence-corrected chi connectivity index (χ0v) is 21.6. The number of amides is 3. The summed E-state index contributed by atoms with van der Waals surface area (Å²) in [6.45, 7) is 7.88. The molecule has 3 aromatic carbocycles. The molecule has 7 heteroatoms. The monoisotopic (exact) mass is 500 g/mol. The Kier molecular flexibility index (Phi) is 7.60. The quantitative estimate of drug-likeness (QED) is 0.393. The second-order valence-corrected chi connectivity index (χ2v) is 9.90. The Labute approximate surface area is 215 Å². The molecule has 0 bridgehead atoms. The summed E-state index contributed by atoms with van der Waals surface area (Å²) in [6, 6.07) is 19.4. The Morgan fingerprint density at radius 3 is 2.39 bits per heavy atom. The maximum atomic E-state index is 13.0. The minimum absolute atomic E-state index is 0.252. The summed E-state index contributed by atoms with van der Waals surface area (Å²) in [5.41, 5.74) is 6.53. The topological polar surface area (TPSA) is 75.7 Å². The van der Waals surface area contributed by atoms with E-state index in [2.05, 4.69) is 11.4 Å². The van der Waals surface area contributed by atoms with E-state index in [1.807, 2.05) is 82.3 Å². The number of hydrogen-bond donors (Lipinski definition) is 1. The van der Waals surface area contributed by atoms with Gasteiger partial charge in [0.25, 0.3) is 11.1 Å². The van der Waals surface area contributed by atoms with Crippen molar-refractivity contribution in [2.75, 3.05) is 11.9 Å². The standard InChI is InChI=1S/C29H28N2O4S/c1-18-8-7-9-22(14-18)17-35-24-11-6-5-10-23(24)15-25-28(33)31(29(34)36-25)16-26(32)30-27-20(3)12-19(2)13-21(27)4/h5-15H,16-17H2,1-4H3,(H,30,32). The number of thioether (sulfide) groups is 1. The molecule has 1 N–H and O–H groups in total. The molecule has 0 radical (unpaired) electrons. The van der Waals surface area contributed by atoms with E-state index >= 15 is 0 Å². The molecule has 0 spiro atoms. The number of aryl methyl sites for hydroxylation is 4. The molecule has 184 valence electrons. The molecule has 0 atom stereocenters. The largest absolute Gasteiger partial charge is 0.488 e. The first-order chi connectivity index (χ1) is 17.2. The number of nitrogens with one attached hydrogen (secondary N) is 1. The molecule has 3 amide bonds. The SMILES string of the molecule is Cc1cccc(COc2ccccc2C=C2SC(=O)N(CC(=O)Nc3c(C)cc(C)cc3C)C2=O)c1. The van der Waals surface area contributed by atoms with Crippen LogP contribution in [0.2, 0.25) is 0 Å². The molecule has 1 fully saturated rings. The van der Waals surface area contributed by atoms with Gasteiger partial charge in [0.1, 0.15) is 18.9 Å². The van der Waals surface area contributed by atoms with Crippen LogP contribution in [0, 0.1) is 27.7 Å². The van der Waals surface area contributed by atoms with Crippen LogP contribution in [0.5, 0.6) is 5.75 Å². The molecule has 1 aliphatic heterocycles. The van der Waals surface area contributed by atoms with Crippen molar-refractivity contribution in [1.29, 1.82) is 0 Å². The van der Waals surface area contributed by atoms with Crippen molar-refractivity contribution < 1.29 is 19.1 Å². The number of carbonyl (C=O) groups excluding carboxylic acids is 3. The molecule has 3 aromatic rings. The number of anilines is 1. The first-order valence-electron chi connectivity index (χ1n) is 11.6. The van der Waals surface area contributed by atoms with Crippen molar-refractivity contribution >= 4 is 40.6 Å². The number of rotatable bonds is 7. The van der Waals surface area contributed by atoms with Crippen LogP contribution in [0.3, 0.4) is 0 Å². The normalized spacial score (nSPS) is 14.4. The van der Waals surface area contributed by atoms with Gasteiger partial charge in [0.15, 0.2) is 0 Å². The van der Waals surface area contributed by atoms with E-state index in [-0.39, 0.29) is 11.4 Å². The summed E-state index contributed by atoms with van der Waals surface area (Å²) in [4.78, 5) is 39.5. The van der Waals surface area contributed by atoms with Gasteiger partial charge in [0.2, 0.25) is 5.91 Å². The summed E-state index contributed by atoms with van der Waals surface area (Å²) >= 11 is 0.821. The van der Waals surface area contributed by atoms with Crippen molar-refractivity contribution in [3.05, 3.63) is 98.9 Å². The minimum Gasteiger partial charge on any atom is -0.488 e. The van der Waals surface area contributed by atoms with Crippen molar-refractivity contribution in [3.63, 3.8) is 0 Å². The van der Waals surface area contributed by atoms with Crippen LogP contribution in [0.15, 0.2) is 65.6 Å². The van der Waals surface area contributed by atoms with Crippen LogP contribution >= 0.6 is 11.8 Å². The van der Waals surface area contributed by atoms with Gasteiger partial charge in [-0.25, -0.2) is 0 Å². The van der Waals surface area contributed by atoms with Crippen molar-refractivity contribution in [2.45, 2.75) is 34.3 Å². The van der Waals surface area contributed by atoms with Gasteiger partial charge in [-0.1, -0.05) is 65.7 Å². The first-order valence-corrected chi connectivity index (χ1v) is 12.4.